The predicted octanol–water partition coefficient (Wildman–Crippen LogP) is 2.62. The van der Waals surface area contributed by atoms with Crippen LogP contribution in [0.15, 0.2) is 30.3 Å². The molecule has 1 unspecified atom stereocenters. The number of hydrogen-bond donors (Lipinski definition) is 2. The molecule has 1 atom stereocenters. The summed E-state index contributed by atoms with van der Waals surface area (Å²) in [7, 11) is 0. The van der Waals surface area contributed by atoms with Crippen molar-refractivity contribution in [3.63, 3.8) is 0 Å². The van der Waals surface area contributed by atoms with Gasteiger partial charge in [0.05, 0.1) is 6.42 Å². The lowest BCUT2D eigenvalue weighted by atomic mass is 10.1. The second-order valence-electron chi connectivity index (χ2n) is 3.92. The molecule has 5 heteroatoms. The third kappa shape index (κ3) is 6.28. The molecule has 0 saturated carbocycles. The van der Waals surface area contributed by atoms with Crippen LogP contribution < -0.4 is 11.1 Å². The zero-order valence-electron chi connectivity index (χ0n) is 9.50. The summed E-state index contributed by atoms with van der Waals surface area (Å²) in [6, 6.07) is 9.39. The number of halogens is 3. The number of nitrogens with one attached hydrogen (secondary N) is 1. The second-order valence-corrected chi connectivity index (χ2v) is 3.92. The van der Waals surface area contributed by atoms with Crippen LogP contribution in [0.5, 0.6) is 0 Å². The van der Waals surface area contributed by atoms with Gasteiger partial charge in [0.1, 0.15) is 0 Å². The van der Waals surface area contributed by atoms with Gasteiger partial charge in [-0.05, 0) is 18.5 Å². The second kappa shape index (κ2) is 6.61. The van der Waals surface area contributed by atoms with Gasteiger partial charge in [-0.25, -0.2) is 0 Å². The van der Waals surface area contributed by atoms with Crippen LogP contribution in [-0.4, -0.2) is 19.3 Å². The number of hydrogen-bond acceptors (Lipinski definition) is 2. The minimum absolute atomic E-state index is 0.0506. The lowest BCUT2D eigenvalue weighted by Crippen LogP contribution is -2.25. The molecular formula is C12H17F3N2. The van der Waals surface area contributed by atoms with Gasteiger partial charge in [0.15, 0.2) is 0 Å². The number of nitrogens with two attached hydrogens (primary N) is 1. The molecule has 0 aliphatic heterocycles. The first-order valence-corrected chi connectivity index (χ1v) is 5.57. The van der Waals surface area contributed by atoms with Crippen molar-refractivity contribution in [1.29, 1.82) is 0 Å². The highest BCUT2D eigenvalue weighted by Gasteiger charge is 2.25. The topological polar surface area (TPSA) is 38.0 Å². The third-order valence-corrected chi connectivity index (χ3v) is 2.45. The fourth-order valence-corrected chi connectivity index (χ4v) is 1.48. The van der Waals surface area contributed by atoms with E-state index in [9.17, 15) is 13.2 Å². The van der Waals surface area contributed by atoms with E-state index in [1.54, 1.807) is 0 Å². The van der Waals surface area contributed by atoms with E-state index >= 15 is 0 Å². The van der Waals surface area contributed by atoms with Crippen molar-refractivity contribution in [2.24, 2.45) is 5.73 Å². The Hall–Kier alpha value is -1.07. The van der Waals surface area contributed by atoms with Crippen molar-refractivity contribution in [3.8, 4) is 0 Å². The SMILES string of the molecule is NC(CCNCCC(F)(F)F)c1ccccc1. The maximum Gasteiger partial charge on any atom is 0.390 e. The third-order valence-electron chi connectivity index (χ3n) is 2.45. The minimum Gasteiger partial charge on any atom is -0.324 e. The average molecular weight is 246 g/mol. The van der Waals surface area contributed by atoms with Crippen LogP contribution in [0.2, 0.25) is 0 Å². The Morgan fingerprint density at radius 3 is 2.35 bits per heavy atom. The monoisotopic (exact) mass is 246 g/mol. The molecule has 17 heavy (non-hydrogen) atoms. The highest BCUT2D eigenvalue weighted by molar-refractivity contribution is 5.18. The molecule has 3 N–H and O–H groups in total. The van der Waals surface area contributed by atoms with Crippen LogP contribution in [0, 0.1) is 0 Å². The van der Waals surface area contributed by atoms with Gasteiger partial charge in [-0.1, -0.05) is 30.3 Å². The minimum atomic E-state index is -4.09. The largest absolute Gasteiger partial charge is 0.390 e. The van der Waals surface area contributed by atoms with E-state index in [0.717, 1.165) is 5.56 Å². The van der Waals surface area contributed by atoms with Crippen LogP contribution in [0.25, 0.3) is 0 Å². The van der Waals surface area contributed by atoms with Crippen LogP contribution in [0.1, 0.15) is 24.4 Å². The zero-order valence-corrected chi connectivity index (χ0v) is 9.50. The molecule has 0 spiro atoms. The Balaban J connectivity index is 2.15. The molecule has 0 radical (unpaired) electrons. The van der Waals surface area contributed by atoms with Gasteiger partial charge in [0.2, 0.25) is 0 Å². The molecule has 0 bridgehead atoms. The highest BCUT2D eigenvalue weighted by atomic mass is 19.4. The van der Waals surface area contributed by atoms with E-state index in [1.807, 2.05) is 30.3 Å². The summed E-state index contributed by atoms with van der Waals surface area (Å²) in [6.07, 6.45) is -4.26. The lowest BCUT2D eigenvalue weighted by molar-refractivity contribution is -0.133. The van der Waals surface area contributed by atoms with E-state index in [4.69, 9.17) is 5.73 Å². The summed E-state index contributed by atoms with van der Waals surface area (Å²) in [5.41, 5.74) is 6.91. The van der Waals surface area contributed by atoms with Gasteiger partial charge >= 0.3 is 6.18 Å². The van der Waals surface area contributed by atoms with E-state index in [1.165, 1.54) is 0 Å². The molecule has 96 valence electrons. The Labute approximate surface area is 99.0 Å². The smallest absolute Gasteiger partial charge is 0.324 e. The summed E-state index contributed by atoms with van der Waals surface area (Å²) in [5, 5.41) is 2.74. The molecule has 0 saturated heterocycles. The van der Waals surface area contributed by atoms with Gasteiger partial charge in [0.25, 0.3) is 0 Å². The van der Waals surface area contributed by atoms with Crippen molar-refractivity contribution >= 4 is 0 Å². The quantitative estimate of drug-likeness (QED) is 0.757. The van der Waals surface area contributed by atoms with Gasteiger partial charge < -0.3 is 11.1 Å². The summed E-state index contributed by atoms with van der Waals surface area (Å²) < 4.78 is 35.5. The first-order valence-electron chi connectivity index (χ1n) is 5.57. The molecule has 0 aliphatic carbocycles. The van der Waals surface area contributed by atoms with Gasteiger partial charge in [-0.15, -0.1) is 0 Å². The predicted molar refractivity (Wildman–Crippen MR) is 61.5 cm³/mol. The molecule has 0 amide bonds. The molecule has 2 nitrogen and oxygen atoms in total. The van der Waals surface area contributed by atoms with E-state index in [-0.39, 0.29) is 12.6 Å². The van der Waals surface area contributed by atoms with Crippen LogP contribution in [-0.2, 0) is 0 Å². The maximum atomic E-state index is 11.8. The summed E-state index contributed by atoms with van der Waals surface area (Å²) in [4.78, 5) is 0. The summed E-state index contributed by atoms with van der Waals surface area (Å²) >= 11 is 0. The van der Waals surface area contributed by atoms with Crippen molar-refractivity contribution in [2.75, 3.05) is 13.1 Å². The van der Waals surface area contributed by atoms with Gasteiger partial charge in [-0.2, -0.15) is 13.2 Å². The molecule has 1 rings (SSSR count). The molecule has 1 aromatic carbocycles. The van der Waals surface area contributed by atoms with Crippen molar-refractivity contribution in [2.45, 2.75) is 25.1 Å². The Morgan fingerprint density at radius 1 is 1.12 bits per heavy atom. The van der Waals surface area contributed by atoms with E-state index in [2.05, 4.69) is 5.32 Å². The summed E-state index contributed by atoms with van der Waals surface area (Å²) in [6.45, 7) is 0.442. The first kappa shape index (κ1) is 14.0. The number of alkyl halides is 3. The van der Waals surface area contributed by atoms with Gasteiger partial charge in [-0.3, -0.25) is 0 Å². The Bertz CT molecular complexity index is 311. The summed E-state index contributed by atoms with van der Waals surface area (Å²) in [5.74, 6) is 0. The Kier molecular flexibility index (Phi) is 5.44. The zero-order chi connectivity index (χ0) is 12.7. The molecule has 1 aromatic rings. The van der Waals surface area contributed by atoms with E-state index in [0.29, 0.717) is 13.0 Å². The van der Waals surface area contributed by atoms with E-state index < -0.39 is 12.6 Å². The first-order chi connectivity index (χ1) is 7.99. The fraction of sp³-hybridized carbons (Fsp3) is 0.500. The molecule has 0 aromatic heterocycles. The number of benzene rings is 1. The van der Waals surface area contributed by atoms with Crippen molar-refractivity contribution in [1.82, 2.24) is 5.32 Å². The lowest BCUT2D eigenvalue weighted by Gasteiger charge is -2.13. The molecule has 0 aliphatic rings. The standard InChI is InChI=1S/C12H17F3N2/c13-12(14,15)7-9-17-8-6-11(16)10-4-2-1-3-5-10/h1-5,11,17H,6-9,16H2. The fourth-order valence-electron chi connectivity index (χ4n) is 1.48. The van der Waals surface area contributed by atoms with Crippen molar-refractivity contribution < 1.29 is 13.2 Å². The molecule has 0 heterocycles. The average Bonchev–Trinajstić information content (AvgIpc) is 2.28. The molecular weight excluding hydrogens is 229 g/mol. The highest BCUT2D eigenvalue weighted by Crippen LogP contribution is 2.18. The number of rotatable bonds is 6. The van der Waals surface area contributed by atoms with Crippen LogP contribution in [0.4, 0.5) is 13.2 Å². The molecule has 0 fully saturated rings. The van der Waals surface area contributed by atoms with Crippen LogP contribution >= 0.6 is 0 Å². The maximum absolute atomic E-state index is 11.8. The van der Waals surface area contributed by atoms with Crippen molar-refractivity contribution in [3.05, 3.63) is 35.9 Å². The normalized spacial score (nSPS) is 13.6. The van der Waals surface area contributed by atoms with Gasteiger partial charge in [0, 0.05) is 12.6 Å². The Morgan fingerprint density at radius 2 is 1.76 bits per heavy atom. The van der Waals surface area contributed by atoms with Crippen LogP contribution in [0.3, 0.4) is 0 Å².